The van der Waals surface area contributed by atoms with E-state index in [-0.39, 0.29) is 0 Å². The van der Waals surface area contributed by atoms with Gasteiger partial charge in [-0.25, -0.2) is 0 Å². The molecule has 2 nitrogen and oxygen atoms in total. The summed E-state index contributed by atoms with van der Waals surface area (Å²) >= 11 is -1.19. The molecular formula is C12H15INO-. The van der Waals surface area contributed by atoms with E-state index in [4.69, 9.17) is 0 Å². The third kappa shape index (κ3) is 3.35. The minimum atomic E-state index is -1.19. The fraction of sp³-hybridized carbons (Fsp3) is 0.167. The molecule has 0 aromatic heterocycles. The Bertz CT molecular complexity index is 421. The van der Waals surface area contributed by atoms with Crippen molar-refractivity contribution in [3.63, 3.8) is 0 Å². The average Bonchev–Trinajstić information content (AvgIpc) is 2.44. The minimum absolute atomic E-state index is 0.595. The molecule has 1 rings (SSSR count). The van der Waals surface area contributed by atoms with E-state index < -0.39 is 18.9 Å². The van der Waals surface area contributed by atoms with Gasteiger partial charge in [0.2, 0.25) is 0 Å². The van der Waals surface area contributed by atoms with Gasteiger partial charge in [0.05, 0.1) is 0 Å². The van der Waals surface area contributed by atoms with Gasteiger partial charge in [0.1, 0.15) is 0 Å². The van der Waals surface area contributed by atoms with Gasteiger partial charge in [-0.15, -0.1) is 0 Å². The molecule has 82 valence electrons. The summed E-state index contributed by atoms with van der Waals surface area (Å²) in [5.41, 5.74) is 1.32. The van der Waals surface area contributed by atoms with E-state index in [0.717, 1.165) is 10.8 Å². The first-order valence-electron chi connectivity index (χ1n) is 4.58. The van der Waals surface area contributed by atoms with Crippen LogP contribution in [0.4, 0.5) is 0 Å². The lowest BCUT2D eigenvalue weighted by molar-refractivity contribution is 0.632. The van der Waals surface area contributed by atoms with E-state index in [1.165, 1.54) is 0 Å². The van der Waals surface area contributed by atoms with Crippen molar-refractivity contribution >= 4 is 26.9 Å². The average molecular weight is 316 g/mol. The monoisotopic (exact) mass is 316 g/mol. The number of allylic oxidation sites excluding steroid dienone is 6. The zero-order chi connectivity index (χ0) is 11.3. The molecule has 0 atom stereocenters. The predicted molar refractivity (Wildman–Crippen MR) is 78.5 cm³/mol. The molecule has 0 saturated carbocycles. The molecule has 0 fully saturated rings. The lowest BCUT2D eigenvalue weighted by Gasteiger charge is -2.32. The molecule has 1 aliphatic rings. The molecule has 0 unspecified atom stereocenters. The largest absolute Gasteiger partial charge is 0.754 e. The second kappa shape index (κ2) is 5.92. The molecule has 0 N–H and O–H groups in total. The maximum Gasteiger partial charge on any atom is 0.0354 e. The van der Waals surface area contributed by atoms with Gasteiger partial charge in [-0.05, 0) is 32.0 Å². The highest BCUT2D eigenvalue weighted by molar-refractivity contribution is 14.2. The summed E-state index contributed by atoms with van der Waals surface area (Å²) < 4.78 is 4.29. The summed E-state index contributed by atoms with van der Waals surface area (Å²) in [6.45, 7) is 5.46. The minimum Gasteiger partial charge on any atom is -0.754 e. The first-order valence-corrected chi connectivity index (χ1v) is 9.23. The fourth-order valence-electron chi connectivity index (χ4n) is 1.14. The van der Waals surface area contributed by atoms with E-state index in [9.17, 15) is 5.21 Å². The van der Waals surface area contributed by atoms with Crippen LogP contribution in [0, 0.1) is 5.21 Å². The maximum absolute atomic E-state index is 11.9. The van der Waals surface area contributed by atoms with E-state index in [2.05, 4.69) is 19.5 Å². The Kier molecular flexibility index (Phi) is 4.84. The molecule has 0 aromatic carbocycles. The number of rotatable bonds is 3. The fourth-order valence-corrected chi connectivity index (χ4v) is 3.71. The molecule has 0 amide bonds. The van der Waals surface area contributed by atoms with Crippen LogP contribution in [0.15, 0.2) is 48.4 Å². The van der Waals surface area contributed by atoms with Gasteiger partial charge in [0.25, 0.3) is 0 Å². The zero-order valence-corrected chi connectivity index (χ0v) is 11.1. The van der Waals surface area contributed by atoms with Crippen molar-refractivity contribution in [1.82, 2.24) is 5.06 Å². The van der Waals surface area contributed by atoms with Gasteiger partial charge in [-0.1, -0.05) is 24.8 Å². The summed E-state index contributed by atoms with van der Waals surface area (Å²) in [4.78, 5) is 2.20. The molecule has 15 heavy (non-hydrogen) atoms. The van der Waals surface area contributed by atoms with E-state index in [1.54, 1.807) is 12.2 Å². The SMILES string of the molecule is C=C/C(=C\C)N([O-])C1=CC=CC=I(C)=C1. The van der Waals surface area contributed by atoms with Crippen LogP contribution in [-0.2, 0) is 0 Å². The summed E-state index contributed by atoms with van der Waals surface area (Å²) in [6, 6.07) is 0. The second-order valence-corrected chi connectivity index (χ2v) is 7.54. The predicted octanol–water partition coefficient (Wildman–Crippen LogP) is 3.07. The van der Waals surface area contributed by atoms with Crippen molar-refractivity contribution in [2.75, 3.05) is 4.93 Å². The molecule has 1 heterocycles. The Hall–Kier alpha value is -0.810. The highest BCUT2D eigenvalue weighted by Gasteiger charge is 1.98. The van der Waals surface area contributed by atoms with Gasteiger partial charge >= 0.3 is 0 Å². The standard InChI is InChI=1S/C12H15INO/c1-4-11(5-2)14(15)12-8-6-7-9-13(3)10-12/h4-10H,1H2,2-3H3/q-1/b11-5+. The number of nitrogens with zero attached hydrogens (tertiary/aromatic N) is 1. The maximum atomic E-state index is 11.9. The zero-order valence-electron chi connectivity index (χ0n) is 8.98. The van der Waals surface area contributed by atoms with Crippen LogP contribution in [0.5, 0.6) is 0 Å². The number of halogens is 1. The third-order valence-electron chi connectivity index (χ3n) is 1.91. The molecule has 0 saturated heterocycles. The van der Waals surface area contributed by atoms with Crippen molar-refractivity contribution in [2.24, 2.45) is 0 Å². The summed E-state index contributed by atoms with van der Waals surface area (Å²) in [7, 11) is 0. The molecule has 1 aliphatic heterocycles. The summed E-state index contributed by atoms with van der Waals surface area (Å²) in [6.07, 6.45) is 9.12. The van der Waals surface area contributed by atoms with Crippen molar-refractivity contribution in [3.8, 4) is 0 Å². The normalized spacial score (nSPS) is 17.3. The number of hydrogen-bond acceptors (Lipinski definition) is 2. The second-order valence-electron chi connectivity index (χ2n) is 2.99. The quantitative estimate of drug-likeness (QED) is 0.346. The molecular weight excluding hydrogens is 301 g/mol. The Morgan fingerprint density at radius 1 is 1.53 bits per heavy atom. The highest BCUT2D eigenvalue weighted by Crippen LogP contribution is 2.16. The topological polar surface area (TPSA) is 26.3 Å². The van der Waals surface area contributed by atoms with Gasteiger partial charge < -0.3 is 10.3 Å². The molecule has 0 aromatic rings. The van der Waals surface area contributed by atoms with Crippen molar-refractivity contribution in [1.29, 1.82) is 0 Å². The number of hydrogen-bond donors (Lipinski definition) is 0. The molecule has 3 heteroatoms. The first-order chi connectivity index (χ1) is 7.19. The van der Waals surface area contributed by atoms with Gasteiger partial charge in [-0.2, -0.15) is 18.9 Å². The lowest BCUT2D eigenvalue weighted by atomic mass is 10.3. The Labute approximate surface area is 97.2 Å². The molecule has 0 spiro atoms. The summed E-state index contributed by atoms with van der Waals surface area (Å²) in [5.74, 6) is 0. The van der Waals surface area contributed by atoms with Crippen LogP contribution >= 0.6 is 18.9 Å². The Balaban J connectivity index is 3.04. The number of hydroxylamine groups is 2. The van der Waals surface area contributed by atoms with Gasteiger partial charge in [-0.3, -0.25) is 0 Å². The van der Waals surface area contributed by atoms with Crippen LogP contribution in [0.25, 0.3) is 0 Å². The Morgan fingerprint density at radius 3 is 2.87 bits per heavy atom. The van der Waals surface area contributed by atoms with Gasteiger partial charge in [0, 0.05) is 11.4 Å². The smallest absolute Gasteiger partial charge is 0.0354 e. The highest BCUT2D eigenvalue weighted by atomic mass is 127. The van der Waals surface area contributed by atoms with Crippen LogP contribution in [0.2, 0.25) is 0 Å². The molecule has 0 radical (unpaired) electrons. The molecule has 0 bridgehead atoms. The Morgan fingerprint density at radius 2 is 2.27 bits per heavy atom. The molecule has 0 aliphatic carbocycles. The van der Waals surface area contributed by atoms with Crippen LogP contribution in [-0.4, -0.2) is 18.0 Å². The van der Waals surface area contributed by atoms with E-state index >= 15 is 0 Å². The third-order valence-corrected chi connectivity index (χ3v) is 5.08. The first kappa shape index (κ1) is 12.3. The van der Waals surface area contributed by atoms with Crippen LogP contribution in [0.1, 0.15) is 6.92 Å². The van der Waals surface area contributed by atoms with E-state index in [1.807, 2.05) is 25.2 Å². The van der Waals surface area contributed by atoms with Crippen molar-refractivity contribution < 1.29 is 0 Å². The van der Waals surface area contributed by atoms with Gasteiger partial charge in [0.15, 0.2) is 0 Å². The van der Waals surface area contributed by atoms with Crippen molar-refractivity contribution in [3.05, 3.63) is 53.6 Å². The lowest BCUT2D eigenvalue weighted by Crippen LogP contribution is -2.14. The van der Waals surface area contributed by atoms with Crippen molar-refractivity contribution in [2.45, 2.75) is 6.92 Å². The van der Waals surface area contributed by atoms with Crippen LogP contribution < -0.4 is 0 Å². The van der Waals surface area contributed by atoms with E-state index in [0.29, 0.717) is 5.70 Å². The number of alkyl halides is 1. The summed E-state index contributed by atoms with van der Waals surface area (Å²) in [5, 5.41) is 12.8. The van der Waals surface area contributed by atoms with Crippen LogP contribution in [0.3, 0.4) is 0 Å².